The Labute approximate surface area is 155 Å². The predicted molar refractivity (Wildman–Crippen MR) is 106 cm³/mol. The Morgan fingerprint density at radius 2 is 1.88 bits per heavy atom. The molecule has 0 amide bonds. The Morgan fingerprint density at radius 1 is 1.19 bits per heavy atom. The van der Waals surface area contributed by atoms with Crippen LogP contribution in [0, 0.1) is 6.92 Å². The van der Waals surface area contributed by atoms with E-state index in [2.05, 4.69) is 29.1 Å². The maximum Gasteiger partial charge on any atom is 0.346 e. The van der Waals surface area contributed by atoms with E-state index in [1.807, 2.05) is 25.1 Å². The second-order valence-corrected chi connectivity index (χ2v) is 6.76. The first-order chi connectivity index (χ1) is 12.5. The van der Waals surface area contributed by atoms with Crippen LogP contribution in [0.25, 0.3) is 0 Å². The van der Waals surface area contributed by atoms with E-state index < -0.39 is 5.69 Å². The van der Waals surface area contributed by atoms with E-state index in [9.17, 15) is 4.79 Å². The quantitative estimate of drug-likeness (QED) is 0.545. The number of hydrogen-bond donors (Lipinski definition) is 3. The van der Waals surface area contributed by atoms with Gasteiger partial charge < -0.3 is 15.8 Å². The molecular weight excluding hydrogens is 328 g/mol. The molecule has 0 unspecified atom stereocenters. The van der Waals surface area contributed by atoms with Crippen LogP contribution in [0.2, 0.25) is 0 Å². The molecule has 2 heterocycles. The molecule has 1 aliphatic carbocycles. The fourth-order valence-electron chi connectivity index (χ4n) is 2.77. The summed E-state index contributed by atoms with van der Waals surface area (Å²) in [4.78, 5) is 17.3. The second kappa shape index (κ2) is 9.97. The zero-order chi connectivity index (χ0) is 18.9. The van der Waals surface area contributed by atoms with Gasteiger partial charge in [-0.05, 0) is 37.5 Å². The predicted octanol–water partition coefficient (Wildman–Crippen LogP) is 4.62. The summed E-state index contributed by atoms with van der Waals surface area (Å²) >= 11 is 0. The van der Waals surface area contributed by atoms with Crippen molar-refractivity contribution in [3.8, 4) is 11.5 Å². The van der Waals surface area contributed by atoms with E-state index in [1.54, 1.807) is 0 Å². The van der Waals surface area contributed by atoms with Gasteiger partial charge in [-0.15, -0.1) is 0 Å². The third-order valence-electron chi connectivity index (χ3n) is 4.04. The van der Waals surface area contributed by atoms with E-state index in [0.29, 0.717) is 17.6 Å². The van der Waals surface area contributed by atoms with Gasteiger partial charge in [-0.25, -0.2) is 4.79 Å². The molecule has 1 fully saturated rings. The van der Waals surface area contributed by atoms with Crippen LogP contribution < -0.4 is 21.5 Å². The standard InChI is InChI=1S/C11H9N3O2.C6H13N.C3H8/c1-6-2-3-8-7(4-6)13-10-9(16-8)5-12-11(15)14-10;7-6-4-2-1-3-5-6;1-3-2/h2-5H,1H3,(H2,12,13,14,15);6H,1-5,7H2;3H2,1-2H3. The molecule has 2 aromatic rings. The third-order valence-corrected chi connectivity index (χ3v) is 4.04. The average molecular weight is 358 g/mol. The number of nitrogens with two attached hydrogens (primary N) is 1. The Kier molecular flexibility index (Phi) is 7.66. The van der Waals surface area contributed by atoms with Crippen LogP contribution >= 0.6 is 0 Å². The van der Waals surface area contributed by atoms with E-state index in [4.69, 9.17) is 10.5 Å². The Balaban J connectivity index is 0.000000203. The molecule has 142 valence electrons. The molecule has 2 aliphatic rings. The Hall–Kier alpha value is -2.34. The molecule has 6 nitrogen and oxygen atoms in total. The smallest absolute Gasteiger partial charge is 0.346 e. The molecule has 0 spiro atoms. The SMILES string of the molecule is CCC.Cc1ccc2c(c1)Nc1[nH]c(=O)ncc1O2.NC1CCCCC1. The van der Waals surface area contributed by atoms with Crippen molar-refractivity contribution in [1.29, 1.82) is 0 Å². The van der Waals surface area contributed by atoms with Crippen LogP contribution in [0.15, 0.2) is 29.2 Å². The van der Waals surface area contributed by atoms with Crippen molar-refractivity contribution in [3.63, 3.8) is 0 Å². The normalized spacial score (nSPS) is 14.9. The average Bonchev–Trinajstić information content (AvgIpc) is 2.62. The molecule has 0 radical (unpaired) electrons. The van der Waals surface area contributed by atoms with Gasteiger partial charge in [0.25, 0.3) is 0 Å². The van der Waals surface area contributed by atoms with Gasteiger partial charge in [0, 0.05) is 6.04 Å². The number of aryl methyl sites for hydroxylation is 1. The Bertz CT molecular complexity index is 752. The van der Waals surface area contributed by atoms with Crippen LogP contribution in [0.3, 0.4) is 0 Å². The van der Waals surface area contributed by atoms with Crippen molar-refractivity contribution in [2.75, 3.05) is 5.32 Å². The summed E-state index contributed by atoms with van der Waals surface area (Å²) in [5.74, 6) is 1.79. The molecule has 0 atom stereocenters. The lowest BCUT2D eigenvalue weighted by atomic mass is 9.97. The summed E-state index contributed by atoms with van der Waals surface area (Å²) < 4.78 is 5.59. The highest BCUT2D eigenvalue weighted by atomic mass is 16.5. The van der Waals surface area contributed by atoms with Gasteiger partial charge in [0.2, 0.25) is 0 Å². The fraction of sp³-hybridized carbons (Fsp3) is 0.500. The van der Waals surface area contributed by atoms with Crippen molar-refractivity contribution in [3.05, 3.63) is 40.4 Å². The molecule has 4 rings (SSSR count). The number of nitrogens with one attached hydrogen (secondary N) is 2. The zero-order valence-corrected chi connectivity index (χ0v) is 16.0. The molecular formula is C20H30N4O2. The number of rotatable bonds is 0. The molecule has 1 saturated carbocycles. The van der Waals surface area contributed by atoms with E-state index in [-0.39, 0.29) is 0 Å². The molecule has 4 N–H and O–H groups in total. The van der Waals surface area contributed by atoms with Crippen molar-refractivity contribution < 1.29 is 4.74 Å². The molecule has 1 aromatic heterocycles. The lowest BCUT2D eigenvalue weighted by molar-refractivity contribution is 0.441. The first-order valence-corrected chi connectivity index (χ1v) is 9.43. The number of hydrogen-bond acceptors (Lipinski definition) is 5. The van der Waals surface area contributed by atoms with Crippen LogP contribution in [0.5, 0.6) is 11.5 Å². The molecule has 0 bridgehead atoms. The lowest BCUT2D eigenvalue weighted by Crippen LogP contribution is -2.22. The highest BCUT2D eigenvalue weighted by Gasteiger charge is 2.17. The number of benzene rings is 1. The highest BCUT2D eigenvalue weighted by molar-refractivity contribution is 5.72. The number of anilines is 2. The number of ether oxygens (including phenoxy) is 1. The van der Waals surface area contributed by atoms with E-state index >= 15 is 0 Å². The van der Waals surface area contributed by atoms with Crippen molar-refractivity contribution in [2.45, 2.75) is 65.3 Å². The van der Waals surface area contributed by atoms with Crippen molar-refractivity contribution in [2.24, 2.45) is 5.73 Å². The van der Waals surface area contributed by atoms with Crippen molar-refractivity contribution in [1.82, 2.24) is 9.97 Å². The summed E-state index contributed by atoms with van der Waals surface area (Å²) in [7, 11) is 0. The van der Waals surface area contributed by atoms with Gasteiger partial charge in [0.1, 0.15) is 0 Å². The van der Waals surface area contributed by atoms with Crippen LogP contribution in [-0.4, -0.2) is 16.0 Å². The number of fused-ring (bicyclic) bond motifs is 2. The molecule has 6 heteroatoms. The van der Waals surface area contributed by atoms with E-state index in [1.165, 1.54) is 44.7 Å². The van der Waals surface area contributed by atoms with Gasteiger partial charge in [0.05, 0.1) is 11.9 Å². The minimum atomic E-state index is -0.397. The van der Waals surface area contributed by atoms with Crippen LogP contribution in [-0.2, 0) is 0 Å². The number of H-pyrrole nitrogens is 1. The minimum absolute atomic E-state index is 0.397. The summed E-state index contributed by atoms with van der Waals surface area (Å²) in [6, 6.07) is 6.33. The second-order valence-electron chi connectivity index (χ2n) is 6.76. The maximum absolute atomic E-state index is 11.1. The number of aromatic amines is 1. The first kappa shape index (κ1) is 20.0. The number of aromatic nitrogens is 2. The monoisotopic (exact) mass is 358 g/mol. The van der Waals surface area contributed by atoms with Gasteiger partial charge >= 0.3 is 5.69 Å². The minimum Gasteiger partial charge on any atom is -0.450 e. The topological polar surface area (TPSA) is 93.0 Å². The first-order valence-electron chi connectivity index (χ1n) is 9.43. The molecule has 26 heavy (non-hydrogen) atoms. The van der Waals surface area contributed by atoms with Gasteiger partial charge in [-0.3, -0.25) is 4.98 Å². The highest BCUT2D eigenvalue weighted by Crippen LogP contribution is 2.39. The van der Waals surface area contributed by atoms with Crippen LogP contribution in [0.4, 0.5) is 11.5 Å². The van der Waals surface area contributed by atoms with Gasteiger partial charge in [-0.1, -0.05) is 45.6 Å². The lowest BCUT2D eigenvalue weighted by Gasteiger charge is -2.20. The maximum atomic E-state index is 11.1. The largest absolute Gasteiger partial charge is 0.450 e. The summed E-state index contributed by atoms with van der Waals surface area (Å²) in [6.07, 6.45) is 9.32. The summed E-state index contributed by atoms with van der Waals surface area (Å²) in [5, 5.41) is 3.10. The van der Waals surface area contributed by atoms with Gasteiger partial charge in [-0.2, -0.15) is 4.98 Å². The molecule has 0 saturated heterocycles. The van der Waals surface area contributed by atoms with Crippen LogP contribution in [0.1, 0.15) is 57.9 Å². The zero-order valence-electron chi connectivity index (χ0n) is 16.0. The Morgan fingerprint density at radius 3 is 2.50 bits per heavy atom. The van der Waals surface area contributed by atoms with E-state index in [0.717, 1.165) is 17.0 Å². The van der Waals surface area contributed by atoms with Crippen molar-refractivity contribution >= 4 is 11.5 Å². The number of nitrogens with zero attached hydrogens (tertiary/aromatic N) is 1. The molecule has 1 aromatic carbocycles. The molecule has 1 aliphatic heterocycles. The fourth-order valence-corrected chi connectivity index (χ4v) is 2.77. The van der Waals surface area contributed by atoms with Gasteiger partial charge in [0.15, 0.2) is 17.3 Å². The third kappa shape index (κ3) is 5.88. The summed E-state index contributed by atoms with van der Waals surface area (Å²) in [6.45, 7) is 6.24. The summed E-state index contributed by atoms with van der Waals surface area (Å²) in [5.41, 5.74) is 7.20.